The third-order valence-corrected chi connectivity index (χ3v) is 3.80. The Balaban J connectivity index is 1.79. The van der Waals surface area contributed by atoms with Crippen LogP contribution in [-0.4, -0.2) is 16.8 Å². The summed E-state index contributed by atoms with van der Waals surface area (Å²) < 4.78 is 10.7. The van der Waals surface area contributed by atoms with Crippen molar-refractivity contribution in [2.45, 2.75) is 6.42 Å². The van der Waals surface area contributed by atoms with Crippen LogP contribution in [0.4, 0.5) is 5.95 Å². The van der Waals surface area contributed by atoms with Crippen molar-refractivity contribution >= 4 is 28.5 Å². The number of fused-ring (bicyclic) bond motifs is 2. The summed E-state index contributed by atoms with van der Waals surface area (Å²) in [5.74, 6) is 1.77. The molecule has 3 aromatic rings. The van der Waals surface area contributed by atoms with Gasteiger partial charge in [0.15, 0.2) is 11.5 Å². The first-order chi connectivity index (χ1) is 10.7. The van der Waals surface area contributed by atoms with Crippen molar-refractivity contribution in [3.05, 3.63) is 52.7 Å². The van der Waals surface area contributed by atoms with E-state index < -0.39 is 0 Å². The summed E-state index contributed by atoms with van der Waals surface area (Å²) in [7, 11) is 0. The highest BCUT2D eigenvalue weighted by atomic mass is 35.5. The zero-order valence-corrected chi connectivity index (χ0v) is 12.3. The molecular formula is C16H12ClN3O2. The van der Waals surface area contributed by atoms with Crippen LogP contribution in [0.3, 0.4) is 0 Å². The van der Waals surface area contributed by atoms with E-state index in [1.54, 1.807) is 6.07 Å². The zero-order chi connectivity index (χ0) is 15.1. The molecule has 0 bridgehead atoms. The van der Waals surface area contributed by atoms with E-state index in [-0.39, 0.29) is 12.7 Å². The van der Waals surface area contributed by atoms with Crippen LogP contribution < -0.4 is 15.2 Å². The number of hydrogen-bond donors (Lipinski definition) is 1. The molecule has 0 saturated carbocycles. The number of aromatic nitrogens is 2. The second-order valence-electron chi connectivity index (χ2n) is 5.05. The lowest BCUT2D eigenvalue weighted by atomic mass is 10.1. The standard InChI is InChI=1S/C16H12ClN3O2/c17-10-2-3-12-11(7-10)13(20-16(18)19-12)5-9-1-4-14-15(6-9)22-8-21-14/h1-4,6-7H,5,8H2,(H2,18,19,20). The molecule has 2 N–H and O–H groups in total. The minimum Gasteiger partial charge on any atom is -0.454 e. The summed E-state index contributed by atoms with van der Waals surface area (Å²) in [4.78, 5) is 8.61. The van der Waals surface area contributed by atoms with Crippen LogP contribution in [0.15, 0.2) is 36.4 Å². The van der Waals surface area contributed by atoms with Crippen LogP contribution in [-0.2, 0) is 6.42 Å². The van der Waals surface area contributed by atoms with Crippen molar-refractivity contribution in [3.8, 4) is 11.5 Å². The van der Waals surface area contributed by atoms with Gasteiger partial charge in [0.1, 0.15) is 0 Å². The topological polar surface area (TPSA) is 70.3 Å². The second kappa shape index (κ2) is 5.03. The number of nitrogen functional groups attached to an aromatic ring is 1. The van der Waals surface area contributed by atoms with Gasteiger partial charge in [-0.1, -0.05) is 17.7 Å². The fourth-order valence-corrected chi connectivity index (χ4v) is 2.73. The first-order valence-electron chi connectivity index (χ1n) is 6.79. The first kappa shape index (κ1) is 13.2. The predicted molar refractivity (Wildman–Crippen MR) is 84.3 cm³/mol. The Morgan fingerprint density at radius 3 is 2.82 bits per heavy atom. The Hall–Kier alpha value is -2.53. The monoisotopic (exact) mass is 313 g/mol. The molecule has 6 heteroatoms. The van der Waals surface area contributed by atoms with Crippen molar-refractivity contribution in [3.63, 3.8) is 0 Å². The average molecular weight is 314 g/mol. The van der Waals surface area contributed by atoms with Crippen LogP contribution in [0.1, 0.15) is 11.3 Å². The number of ether oxygens (including phenoxy) is 2. The Kier molecular flexibility index (Phi) is 3.01. The van der Waals surface area contributed by atoms with Gasteiger partial charge in [0.25, 0.3) is 0 Å². The zero-order valence-electron chi connectivity index (χ0n) is 11.5. The van der Waals surface area contributed by atoms with E-state index in [1.807, 2.05) is 30.3 Å². The molecule has 1 aliphatic rings. The maximum absolute atomic E-state index is 6.09. The van der Waals surface area contributed by atoms with Gasteiger partial charge in [-0.05, 0) is 35.9 Å². The minimum absolute atomic E-state index is 0.255. The number of benzene rings is 2. The van der Waals surface area contributed by atoms with Crippen molar-refractivity contribution in [2.24, 2.45) is 0 Å². The molecule has 1 aliphatic heterocycles. The lowest BCUT2D eigenvalue weighted by Gasteiger charge is -2.08. The average Bonchev–Trinajstić information content (AvgIpc) is 2.95. The minimum atomic E-state index is 0.255. The van der Waals surface area contributed by atoms with Gasteiger partial charge >= 0.3 is 0 Å². The van der Waals surface area contributed by atoms with Crippen molar-refractivity contribution in [1.82, 2.24) is 9.97 Å². The van der Waals surface area contributed by atoms with Gasteiger partial charge < -0.3 is 15.2 Å². The van der Waals surface area contributed by atoms with Gasteiger partial charge in [0.05, 0.1) is 11.2 Å². The largest absolute Gasteiger partial charge is 0.454 e. The Bertz CT molecular complexity index is 883. The van der Waals surface area contributed by atoms with Crippen LogP contribution in [0.25, 0.3) is 10.9 Å². The Morgan fingerprint density at radius 2 is 1.91 bits per heavy atom. The molecule has 1 aromatic heterocycles. The number of nitrogens with two attached hydrogens (primary N) is 1. The molecule has 0 amide bonds. The van der Waals surface area contributed by atoms with Crippen LogP contribution in [0, 0.1) is 0 Å². The molecule has 0 fully saturated rings. The smallest absolute Gasteiger partial charge is 0.231 e. The van der Waals surface area contributed by atoms with E-state index in [4.69, 9.17) is 26.8 Å². The first-order valence-corrected chi connectivity index (χ1v) is 7.17. The van der Waals surface area contributed by atoms with Gasteiger partial charge in [0.2, 0.25) is 12.7 Å². The summed E-state index contributed by atoms with van der Waals surface area (Å²) in [5.41, 5.74) is 8.49. The molecule has 110 valence electrons. The van der Waals surface area contributed by atoms with Crippen molar-refractivity contribution in [1.29, 1.82) is 0 Å². The lowest BCUT2D eigenvalue weighted by Crippen LogP contribution is -2.01. The number of anilines is 1. The number of nitrogens with zero attached hydrogens (tertiary/aromatic N) is 2. The van der Waals surface area contributed by atoms with E-state index in [2.05, 4.69) is 9.97 Å². The van der Waals surface area contributed by atoms with Crippen molar-refractivity contribution < 1.29 is 9.47 Å². The van der Waals surface area contributed by atoms with Gasteiger partial charge in [-0.15, -0.1) is 0 Å². The maximum Gasteiger partial charge on any atom is 0.231 e. The van der Waals surface area contributed by atoms with E-state index in [1.165, 1.54) is 0 Å². The van der Waals surface area contributed by atoms with Crippen molar-refractivity contribution in [2.75, 3.05) is 12.5 Å². The highest BCUT2D eigenvalue weighted by Crippen LogP contribution is 2.33. The Morgan fingerprint density at radius 1 is 1.05 bits per heavy atom. The van der Waals surface area contributed by atoms with Crippen LogP contribution in [0.2, 0.25) is 5.02 Å². The Labute approximate surface area is 131 Å². The summed E-state index contributed by atoms with van der Waals surface area (Å²) in [6.45, 7) is 0.262. The quantitative estimate of drug-likeness (QED) is 0.786. The molecule has 2 aromatic carbocycles. The van der Waals surface area contributed by atoms with E-state index in [0.29, 0.717) is 11.4 Å². The lowest BCUT2D eigenvalue weighted by molar-refractivity contribution is 0.174. The molecule has 22 heavy (non-hydrogen) atoms. The molecular weight excluding hydrogens is 302 g/mol. The maximum atomic E-state index is 6.09. The summed E-state index contributed by atoms with van der Waals surface area (Å²) in [6.07, 6.45) is 0.611. The fraction of sp³-hybridized carbons (Fsp3) is 0.125. The normalized spacial score (nSPS) is 12.8. The van der Waals surface area contributed by atoms with E-state index in [0.717, 1.165) is 33.7 Å². The summed E-state index contributed by atoms with van der Waals surface area (Å²) in [6, 6.07) is 11.3. The predicted octanol–water partition coefficient (Wildman–Crippen LogP) is 3.18. The third kappa shape index (κ3) is 2.29. The molecule has 0 atom stereocenters. The molecule has 0 saturated heterocycles. The molecule has 2 heterocycles. The molecule has 5 nitrogen and oxygen atoms in total. The highest BCUT2D eigenvalue weighted by molar-refractivity contribution is 6.31. The second-order valence-corrected chi connectivity index (χ2v) is 5.49. The molecule has 0 aliphatic carbocycles. The summed E-state index contributed by atoms with van der Waals surface area (Å²) >= 11 is 6.09. The van der Waals surface area contributed by atoms with Gasteiger partial charge in [0, 0.05) is 16.8 Å². The molecule has 0 unspecified atom stereocenters. The van der Waals surface area contributed by atoms with E-state index in [9.17, 15) is 0 Å². The number of rotatable bonds is 2. The van der Waals surface area contributed by atoms with E-state index >= 15 is 0 Å². The molecule has 0 spiro atoms. The van der Waals surface area contributed by atoms with Gasteiger partial charge in [-0.3, -0.25) is 0 Å². The number of halogens is 1. The van der Waals surface area contributed by atoms with Gasteiger partial charge in [-0.25, -0.2) is 9.97 Å². The van der Waals surface area contributed by atoms with Crippen LogP contribution >= 0.6 is 11.6 Å². The highest BCUT2D eigenvalue weighted by Gasteiger charge is 2.14. The molecule has 0 radical (unpaired) electrons. The van der Waals surface area contributed by atoms with Gasteiger partial charge in [-0.2, -0.15) is 0 Å². The summed E-state index contributed by atoms with van der Waals surface area (Å²) in [5, 5.41) is 1.55. The fourth-order valence-electron chi connectivity index (χ4n) is 2.56. The SMILES string of the molecule is Nc1nc(Cc2ccc3c(c2)OCO3)c2cc(Cl)ccc2n1. The third-order valence-electron chi connectivity index (χ3n) is 3.56. The van der Waals surface area contributed by atoms with Crippen LogP contribution in [0.5, 0.6) is 11.5 Å². The molecule has 4 rings (SSSR count). The number of hydrogen-bond acceptors (Lipinski definition) is 5.